The van der Waals surface area contributed by atoms with E-state index in [0.29, 0.717) is 0 Å². The first-order valence-corrected chi connectivity index (χ1v) is 8.44. The first-order chi connectivity index (χ1) is 11.5. The lowest BCUT2D eigenvalue weighted by molar-refractivity contribution is -0.136. The maximum absolute atomic E-state index is 9.62. The molecule has 0 aliphatic rings. The van der Waals surface area contributed by atoms with Gasteiger partial charge in [-0.15, -0.1) is 0 Å². The highest BCUT2D eigenvalue weighted by Crippen LogP contribution is 2.32. The van der Waals surface area contributed by atoms with E-state index in [0.717, 1.165) is 26.9 Å². The van der Waals surface area contributed by atoms with E-state index in [4.69, 9.17) is 9.52 Å². The van der Waals surface area contributed by atoms with Crippen LogP contribution in [-0.4, -0.2) is 21.3 Å². The van der Waals surface area contributed by atoms with Gasteiger partial charge in [-0.2, -0.15) is 12.6 Å². The predicted molar refractivity (Wildman–Crippen MR) is 101 cm³/mol. The summed E-state index contributed by atoms with van der Waals surface area (Å²) in [6, 6.07) is 16.4. The van der Waals surface area contributed by atoms with Gasteiger partial charge in [0.05, 0.1) is 11.4 Å². The number of aliphatic carboxylic acids is 1. The monoisotopic (exact) mass is 405 g/mol. The van der Waals surface area contributed by atoms with Crippen molar-refractivity contribution in [1.29, 1.82) is 0 Å². The van der Waals surface area contributed by atoms with Crippen LogP contribution < -0.4 is 0 Å². The number of hydrogen-bond donors (Lipinski definition) is 2. The number of thiol groups is 1. The molecule has 124 valence electrons. The molecule has 0 bridgehead atoms. The molecule has 0 amide bonds. The number of benzene rings is 2. The molecule has 0 aliphatic heterocycles. The van der Waals surface area contributed by atoms with Crippen molar-refractivity contribution < 1.29 is 14.3 Å². The number of nitrogens with zero attached hydrogens (tertiary/aromatic N) is 1. The molecular formula is C18H16BrNO3S. The number of oxazole rings is 1. The van der Waals surface area contributed by atoms with Gasteiger partial charge in [0.2, 0.25) is 0 Å². The molecular weight excluding hydrogens is 390 g/mol. The van der Waals surface area contributed by atoms with Crippen LogP contribution in [0.1, 0.15) is 6.92 Å². The molecule has 0 aliphatic carbocycles. The largest absolute Gasteiger partial charge is 0.480 e. The first-order valence-electron chi connectivity index (χ1n) is 7.13. The summed E-state index contributed by atoms with van der Waals surface area (Å²) in [6.45, 7) is 1.51. The van der Waals surface area contributed by atoms with Crippen molar-refractivity contribution in [2.75, 3.05) is 0 Å². The molecule has 1 N–H and O–H groups in total. The lowest BCUT2D eigenvalue weighted by atomic mass is 9.99. The Bertz CT molecular complexity index is 786. The zero-order valence-corrected chi connectivity index (χ0v) is 15.4. The van der Waals surface area contributed by atoms with E-state index in [1.165, 1.54) is 13.3 Å². The van der Waals surface area contributed by atoms with Crippen LogP contribution >= 0.6 is 28.6 Å². The molecule has 24 heavy (non-hydrogen) atoms. The van der Waals surface area contributed by atoms with Gasteiger partial charge in [-0.1, -0.05) is 52.3 Å². The molecule has 3 aromatic rings. The number of carboxylic acid groups (broad SMARTS) is 1. The Morgan fingerprint density at radius 2 is 1.75 bits per heavy atom. The smallest absolute Gasteiger partial charge is 0.316 e. The topological polar surface area (TPSA) is 63.3 Å². The van der Waals surface area contributed by atoms with Gasteiger partial charge in [0.1, 0.15) is 0 Å². The number of halogens is 1. The molecule has 1 aromatic heterocycles. The van der Waals surface area contributed by atoms with Gasteiger partial charge in [0.15, 0.2) is 12.2 Å². The van der Waals surface area contributed by atoms with Crippen molar-refractivity contribution in [1.82, 2.24) is 4.98 Å². The van der Waals surface area contributed by atoms with Crippen molar-refractivity contribution >= 4 is 34.5 Å². The van der Waals surface area contributed by atoms with Gasteiger partial charge in [-0.25, -0.2) is 4.98 Å². The summed E-state index contributed by atoms with van der Waals surface area (Å²) in [5.41, 5.74) is 3.35. The second-order valence-corrected chi connectivity index (χ2v) is 6.62. The molecule has 0 saturated carbocycles. The Balaban J connectivity index is 0.000000301. The second kappa shape index (κ2) is 8.70. The predicted octanol–water partition coefficient (Wildman–Crippen LogP) is 5.16. The van der Waals surface area contributed by atoms with Crippen LogP contribution in [0.5, 0.6) is 0 Å². The summed E-state index contributed by atoms with van der Waals surface area (Å²) in [7, 11) is 0. The second-order valence-electron chi connectivity index (χ2n) is 4.93. The molecule has 1 unspecified atom stereocenters. The third-order valence-electron chi connectivity index (χ3n) is 3.14. The minimum atomic E-state index is -0.877. The summed E-state index contributed by atoms with van der Waals surface area (Å²) < 4.78 is 6.46. The molecule has 0 fully saturated rings. The minimum absolute atomic E-state index is 0.537. The zero-order chi connectivity index (χ0) is 17.5. The molecule has 4 nitrogen and oxygen atoms in total. The standard InChI is InChI=1S/C15H10BrNO.C3H6O2S/c16-12-7-5-11(6-8-12)13-3-1-2-4-14(13)15-9-17-10-18-15;1-2(6)3(4)5/h1-10H;2,6H,1H3,(H,4,5). The fraction of sp³-hybridized carbons (Fsp3) is 0.111. The highest BCUT2D eigenvalue weighted by atomic mass is 79.9. The third kappa shape index (κ3) is 4.97. The molecule has 3 rings (SSSR count). The molecule has 6 heteroatoms. The first kappa shape index (κ1) is 18.3. The van der Waals surface area contributed by atoms with Crippen LogP contribution in [0, 0.1) is 0 Å². The number of rotatable bonds is 3. The van der Waals surface area contributed by atoms with E-state index in [2.05, 4.69) is 51.7 Å². The van der Waals surface area contributed by atoms with Gasteiger partial charge in [0, 0.05) is 10.0 Å². The van der Waals surface area contributed by atoms with Crippen LogP contribution in [0.25, 0.3) is 22.5 Å². The molecule has 2 aromatic carbocycles. The Kier molecular flexibility index (Phi) is 6.63. The van der Waals surface area contributed by atoms with Crippen molar-refractivity contribution in [2.45, 2.75) is 12.2 Å². The van der Waals surface area contributed by atoms with E-state index < -0.39 is 11.2 Å². The van der Waals surface area contributed by atoms with E-state index in [1.807, 2.05) is 30.3 Å². The fourth-order valence-electron chi connectivity index (χ4n) is 1.93. The molecule has 0 radical (unpaired) electrons. The van der Waals surface area contributed by atoms with Crippen LogP contribution in [0.15, 0.2) is 70.0 Å². The summed E-state index contributed by atoms with van der Waals surface area (Å²) in [6.07, 6.45) is 3.19. The quantitative estimate of drug-likeness (QED) is 0.590. The highest BCUT2D eigenvalue weighted by molar-refractivity contribution is 9.10. The average molecular weight is 406 g/mol. The molecule has 1 heterocycles. The SMILES string of the molecule is Brc1ccc(-c2ccccc2-c2cnco2)cc1.CC(S)C(=O)O. The molecule has 0 spiro atoms. The Morgan fingerprint density at radius 1 is 1.17 bits per heavy atom. The van der Waals surface area contributed by atoms with E-state index >= 15 is 0 Å². The Hall–Kier alpha value is -2.05. The van der Waals surface area contributed by atoms with Crippen LogP contribution in [-0.2, 0) is 4.79 Å². The molecule has 1 atom stereocenters. The summed E-state index contributed by atoms with van der Waals surface area (Å²) in [4.78, 5) is 13.6. The van der Waals surface area contributed by atoms with Crippen molar-refractivity contribution in [3.63, 3.8) is 0 Å². The molecule has 0 saturated heterocycles. The number of carboxylic acids is 1. The fourth-order valence-corrected chi connectivity index (χ4v) is 2.19. The van der Waals surface area contributed by atoms with Crippen LogP contribution in [0.3, 0.4) is 0 Å². The van der Waals surface area contributed by atoms with Crippen LogP contribution in [0.2, 0.25) is 0 Å². The average Bonchev–Trinajstić information content (AvgIpc) is 3.10. The third-order valence-corrected chi connectivity index (χ3v) is 3.89. The lowest BCUT2D eigenvalue weighted by Crippen LogP contribution is -2.06. The summed E-state index contributed by atoms with van der Waals surface area (Å²) in [5.74, 6) is -0.0909. The maximum Gasteiger partial charge on any atom is 0.316 e. The van der Waals surface area contributed by atoms with Gasteiger partial charge < -0.3 is 9.52 Å². The Labute approximate surface area is 154 Å². The van der Waals surface area contributed by atoms with Crippen LogP contribution in [0.4, 0.5) is 0 Å². The van der Waals surface area contributed by atoms with Crippen molar-refractivity contribution in [3.8, 4) is 22.5 Å². The van der Waals surface area contributed by atoms with Gasteiger partial charge in [-0.3, -0.25) is 4.79 Å². The highest BCUT2D eigenvalue weighted by Gasteiger charge is 2.09. The number of aromatic nitrogens is 1. The number of carbonyl (C=O) groups is 1. The normalized spacial score (nSPS) is 11.3. The van der Waals surface area contributed by atoms with Crippen molar-refractivity contribution in [2.24, 2.45) is 0 Å². The van der Waals surface area contributed by atoms with E-state index in [-0.39, 0.29) is 0 Å². The van der Waals surface area contributed by atoms with E-state index in [1.54, 1.807) is 6.20 Å². The van der Waals surface area contributed by atoms with E-state index in [9.17, 15) is 4.79 Å². The maximum atomic E-state index is 9.62. The van der Waals surface area contributed by atoms with Gasteiger partial charge in [-0.05, 0) is 30.2 Å². The lowest BCUT2D eigenvalue weighted by Gasteiger charge is -2.07. The van der Waals surface area contributed by atoms with Gasteiger partial charge in [0.25, 0.3) is 0 Å². The van der Waals surface area contributed by atoms with Crippen molar-refractivity contribution in [3.05, 3.63) is 65.6 Å². The summed E-state index contributed by atoms with van der Waals surface area (Å²) in [5, 5.41) is 7.38. The minimum Gasteiger partial charge on any atom is -0.480 e. The summed E-state index contributed by atoms with van der Waals surface area (Å²) >= 11 is 7.04. The zero-order valence-electron chi connectivity index (χ0n) is 12.9. The van der Waals surface area contributed by atoms with Gasteiger partial charge >= 0.3 is 5.97 Å². The number of hydrogen-bond acceptors (Lipinski definition) is 4. The Morgan fingerprint density at radius 3 is 2.25 bits per heavy atom.